The molecule has 158 valence electrons. The molecule has 1 aromatic heterocycles. The Labute approximate surface area is 171 Å². The normalized spacial score (nSPS) is 15.2. The molecule has 0 saturated carbocycles. The molecule has 1 fully saturated rings. The van der Waals surface area contributed by atoms with Crippen molar-refractivity contribution >= 4 is 22.8 Å². The minimum absolute atomic E-state index is 0.0175. The van der Waals surface area contributed by atoms with Crippen LogP contribution in [0.2, 0.25) is 0 Å². The maximum atomic E-state index is 12.8. The molecule has 0 spiro atoms. The van der Waals surface area contributed by atoms with Crippen molar-refractivity contribution in [3.8, 4) is 0 Å². The van der Waals surface area contributed by atoms with Crippen LogP contribution in [0.4, 0.5) is 0 Å². The number of rotatable bonds is 7. The van der Waals surface area contributed by atoms with Gasteiger partial charge in [0.15, 0.2) is 0 Å². The van der Waals surface area contributed by atoms with Crippen molar-refractivity contribution < 1.29 is 9.59 Å². The number of aryl methyl sites for hydroxylation is 2. The van der Waals surface area contributed by atoms with E-state index < -0.39 is 0 Å². The first-order chi connectivity index (χ1) is 13.9. The first-order valence-electron chi connectivity index (χ1n) is 10.7. The number of hydrogen-bond donors (Lipinski definition) is 1. The first kappa shape index (κ1) is 21.1. The number of carbonyl (C=O) groups is 2. The number of benzene rings is 1. The summed E-state index contributed by atoms with van der Waals surface area (Å²) in [5.41, 5.74) is 1.75. The Kier molecular flexibility index (Phi) is 6.77. The van der Waals surface area contributed by atoms with Crippen molar-refractivity contribution in [1.82, 2.24) is 19.4 Å². The minimum Gasteiger partial charge on any atom is -0.354 e. The second kappa shape index (κ2) is 9.29. The van der Waals surface area contributed by atoms with E-state index in [1.807, 2.05) is 49.9 Å². The molecule has 7 nitrogen and oxygen atoms in total. The number of aromatic nitrogens is 2. The van der Waals surface area contributed by atoms with Crippen LogP contribution < -0.4 is 11.0 Å². The van der Waals surface area contributed by atoms with Crippen molar-refractivity contribution in [2.24, 2.45) is 5.92 Å². The smallest absolute Gasteiger partial charge is 0.329 e. The zero-order valence-electron chi connectivity index (χ0n) is 17.7. The summed E-state index contributed by atoms with van der Waals surface area (Å²) in [5.74, 6) is 0.116. The van der Waals surface area contributed by atoms with Gasteiger partial charge in [0.25, 0.3) is 0 Å². The van der Waals surface area contributed by atoms with Gasteiger partial charge in [-0.25, -0.2) is 4.79 Å². The molecule has 3 rings (SSSR count). The topological polar surface area (TPSA) is 76.3 Å². The zero-order valence-corrected chi connectivity index (χ0v) is 17.7. The molecule has 0 bridgehead atoms. The van der Waals surface area contributed by atoms with Crippen molar-refractivity contribution in [2.75, 3.05) is 13.1 Å². The van der Waals surface area contributed by atoms with Crippen LogP contribution in [0.3, 0.4) is 0 Å². The van der Waals surface area contributed by atoms with Gasteiger partial charge in [-0.15, -0.1) is 0 Å². The molecular weight excluding hydrogens is 368 g/mol. The fourth-order valence-electron chi connectivity index (χ4n) is 4.09. The fourth-order valence-corrected chi connectivity index (χ4v) is 4.09. The lowest BCUT2D eigenvalue weighted by Crippen LogP contribution is -2.44. The van der Waals surface area contributed by atoms with Crippen LogP contribution in [0.5, 0.6) is 0 Å². The van der Waals surface area contributed by atoms with E-state index in [0.717, 1.165) is 17.5 Å². The van der Waals surface area contributed by atoms with Crippen LogP contribution in [0.25, 0.3) is 11.0 Å². The van der Waals surface area contributed by atoms with Gasteiger partial charge >= 0.3 is 5.69 Å². The molecule has 7 heteroatoms. The lowest BCUT2D eigenvalue weighted by molar-refractivity contribution is -0.136. The first-order valence-corrected chi connectivity index (χ1v) is 10.7. The van der Waals surface area contributed by atoms with Gasteiger partial charge in [0, 0.05) is 44.6 Å². The summed E-state index contributed by atoms with van der Waals surface area (Å²) in [7, 11) is 0. The van der Waals surface area contributed by atoms with Gasteiger partial charge in [0.05, 0.1) is 11.0 Å². The quantitative estimate of drug-likeness (QED) is 0.775. The number of nitrogens with zero attached hydrogens (tertiary/aromatic N) is 3. The molecule has 1 N–H and O–H groups in total. The molecule has 1 aromatic carbocycles. The van der Waals surface area contributed by atoms with Gasteiger partial charge < -0.3 is 10.2 Å². The van der Waals surface area contributed by atoms with Gasteiger partial charge in [0.2, 0.25) is 11.8 Å². The van der Waals surface area contributed by atoms with E-state index in [-0.39, 0.29) is 29.5 Å². The molecule has 29 heavy (non-hydrogen) atoms. The molecule has 0 aliphatic carbocycles. The highest BCUT2D eigenvalue weighted by Crippen LogP contribution is 2.19. The van der Waals surface area contributed by atoms with Crippen molar-refractivity contribution in [3.63, 3.8) is 0 Å². The maximum Gasteiger partial charge on any atom is 0.329 e. The highest BCUT2D eigenvalue weighted by atomic mass is 16.2. The predicted octanol–water partition coefficient (Wildman–Crippen LogP) is 2.37. The monoisotopic (exact) mass is 400 g/mol. The number of piperidine rings is 1. The second-order valence-electron chi connectivity index (χ2n) is 8.14. The number of nitrogens with one attached hydrogen (secondary N) is 1. The van der Waals surface area contributed by atoms with E-state index in [9.17, 15) is 14.4 Å². The number of fused-ring (bicyclic) bond motifs is 1. The molecule has 2 heterocycles. The SMILES string of the molecule is CCCn1c(=O)n(CCC(=O)N2CCC(C(=O)NC(C)C)CC2)c2ccccc21. The summed E-state index contributed by atoms with van der Waals surface area (Å²) < 4.78 is 3.50. The Morgan fingerprint density at radius 2 is 1.66 bits per heavy atom. The largest absolute Gasteiger partial charge is 0.354 e. The third-order valence-corrected chi connectivity index (χ3v) is 5.57. The average Bonchev–Trinajstić information content (AvgIpc) is 2.97. The third kappa shape index (κ3) is 4.71. The molecule has 1 saturated heterocycles. The van der Waals surface area contributed by atoms with Gasteiger partial charge in [-0.3, -0.25) is 18.7 Å². The van der Waals surface area contributed by atoms with Crippen LogP contribution in [0, 0.1) is 5.92 Å². The van der Waals surface area contributed by atoms with Gasteiger partial charge in [-0.2, -0.15) is 0 Å². The van der Waals surface area contributed by atoms with Gasteiger partial charge in [-0.05, 0) is 45.2 Å². The third-order valence-electron chi connectivity index (χ3n) is 5.57. The van der Waals surface area contributed by atoms with Gasteiger partial charge in [-0.1, -0.05) is 19.1 Å². The van der Waals surface area contributed by atoms with E-state index in [1.54, 1.807) is 9.13 Å². The lowest BCUT2D eigenvalue weighted by Gasteiger charge is -2.31. The van der Waals surface area contributed by atoms with Crippen LogP contribution in [-0.4, -0.2) is 45.0 Å². The number of imidazole rings is 1. The molecule has 0 radical (unpaired) electrons. The molecule has 2 amide bonds. The number of amides is 2. The van der Waals surface area contributed by atoms with Crippen molar-refractivity contribution in [3.05, 3.63) is 34.7 Å². The number of hydrogen-bond acceptors (Lipinski definition) is 3. The summed E-state index contributed by atoms with van der Waals surface area (Å²) in [6.45, 7) is 8.21. The summed E-state index contributed by atoms with van der Waals surface area (Å²) in [6, 6.07) is 7.88. The zero-order chi connectivity index (χ0) is 21.0. The molecule has 2 aromatic rings. The summed E-state index contributed by atoms with van der Waals surface area (Å²) in [6.07, 6.45) is 2.56. The predicted molar refractivity (Wildman–Crippen MR) is 114 cm³/mol. The van der Waals surface area contributed by atoms with Crippen LogP contribution in [-0.2, 0) is 22.7 Å². The molecule has 0 unspecified atom stereocenters. The highest BCUT2D eigenvalue weighted by molar-refractivity contribution is 5.80. The lowest BCUT2D eigenvalue weighted by atomic mass is 9.95. The average molecular weight is 401 g/mol. The second-order valence-corrected chi connectivity index (χ2v) is 8.14. The fraction of sp³-hybridized carbons (Fsp3) is 0.591. The van der Waals surface area contributed by atoms with Gasteiger partial charge in [0.1, 0.15) is 0 Å². The Morgan fingerprint density at radius 1 is 1.07 bits per heavy atom. The van der Waals surface area contributed by atoms with E-state index in [2.05, 4.69) is 5.32 Å². The Morgan fingerprint density at radius 3 is 2.21 bits per heavy atom. The number of carbonyl (C=O) groups excluding carboxylic acids is 2. The van der Waals surface area contributed by atoms with E-state index in [0.29, 0.717) is 45.4 Å². The molecule has 1 aliphatic heterocycles. The molecule has 1 aliphatic rings. The van der Waals surface area contributed by atoms with E-state index in [4.69, 9.17) is 0 Å². The van der Waals surface area contributed by atoms with Crippen LogP contribution in [0.1, 0.15) is 46.5 Å². The summed E-state index contributed by atoms with van der Waals surface area (Å²) >= 11 is 0. The van der Waals surface area contributed by atoms with Crippen molar-refractivity contribution in [2.45, 2.75) is 65.6 Å². The standard InChI is InChI=1S/C22H32N4O3/c1-4-12-25-18-7-5-6-8-19(18)26(22(25)29)15-11-20(27)24-13-9-17(10-14-24)21(28)23-16(2)3/h5-8,16-17H,4,9-15H2,1-3H3,(H,23,28). The summed E-state index contributed by atoms with van der Waals surface area (Å²) in [4.78, 5) is 39.5. The number of para-hydroxylation sites is 2. The highest BCUT2D eigenvalue weighted by Gasteiger charge is 2.27. The Balaban J connectivity index is 1.61. The minimum atomic E-state index is -0.0510. The number of likely N-dealkylation sites (tertiary alicyclic amines) is 1. The maximum absolute atomic E-state index is 12.8. The van der Waals surface area contributed by atoms with E-state index >= 15 is 0 Å². The van der Waals surface area contributed by atoms with E-state index in [1.165, 1.54) is 0 Å². The Bertz CT molecular complexity index is 920. The summed E-state index contributed by atoms with van der Waals surface area (Å²) in [5, 5.41) is 2.96. The molecule has 0 atom stereocenters. The van der Waals surface area contributed by atoms with Crippen molar-refractivity contribution in [1.29, 1.82) is 0 Å². The van der Waals surface area contributed by atoms with Crippen LogP contribution in [0.15, 0.2) is 29.1 Å². The Hall–Kier alpha value is -2.57. The molecular formula is C22H32N4O3. The van der Waals surface area contributed by atoms with Crippen LogP contribution >= 0.6 is 0 Å².